The van der Waals surface area contributed by atoms with Gasteiger partial charge in [-0.2, -0.15) is 0 Å². The molecule has 0 atom stereocenters. The molecular formula is C18H23N5O2. The zero-order valence-corrected chi connectivity index (χ0v) is 14.7. The van der Waals surface area contributed by atoms with E-state index in [1.165, 1.54) is 26.4 Å². The fourth-order valence-electron chi connectivity index (χ4n) is 2.96. The first-order valence-corrected chi connectivity index (χ1v) is 8.54. The molecule has 0 bridgehead atoms. The average molecular weight is 341 g/mol. The summed E-state index contributed by atoms with van der Waals surface area (Å²) in [5, 5.41) is 2.84. The third-order valence-corrected chi connectivity index (χ3v) is 4.18. The van der Waals surface area contributed by atoms with Gasteiger partial charge in [0.25, 0.3) is 5.91 Å². The van der Waals surface area contributed by atoms with Gasteiger partial charge in [0.1, 0.15) is 17.2 Å². The molecular weight excluding hydrogens is 318 g/mol. The number of ether oxygens (including phenoxy) is 1. The van der Waals surface area contributed by atoms with Crippen LogP contribution in [0.3, 0.4) is 0 Å². The van der Waals surface area contributed by atoms with Gasteiger partial charge in [-0.05, 0) is 38.3 Å². The van der Waals surface area contributed by atoms with Crippen molar-refractivity contribution in [3.05, 3.63) is 41.5 Å². The van der Waals surface area contributed by atoms with Gasteiger partial charge in [-0.15, -0.1) is 0 Å². The van der Waals surface area contributed by atoms with E-state index in [4.69, 9.17) is 4.74 Å². The average Bonchev–Trinajstić information content (AvgIpc) is 2.66. The smallest absolute Gasteiger partial charge is 0.257 e. The molecule has 7 nitrogen and oxygen atoms in total. The van der Waals surface area contributed by atoms with Crippen molar-refractivity contribution in [1.82, 2.24) is 20.3 Å². The Morgan fingerprint density at radius 3 is 2.84 bits per heavy atom. The summed E-state index contributed by atoms with van der Waals surface area (Å²) < 4.78 is 5.13. The minimum absolute atomic E-state index is 0.255. The van der Waals surface area contributed by atoms with Gasteiger partial charge in [0.15, 0.2) is 0 Å². The second kappa shape index (κ2) is 7.92. The molecule has 7 heteroatoms. The lowest BCUT2D eigenvalue weighted by Crippen LogP contribution is -2.31. The maximum atomic E-state index is 12.4. The SMILES string of the molecule is COc1ncccc1C(=O)NCc1nc(C)cc(N2CCCCC2)n1. The monoisotopic (exact) mass is 341 g/mol. The molecule has 0 radical (unpaired) electrons. The minimum Gasteiger partial charge on any atom is -0.480 e. The Morgan fingerprint density at radius 1 is 1.28 bits per heavy atom. The van der Waals surface area contributed by atoms with Gasteiger partial charge in [0.05, 0.1) is 13.7 Å². The summed E-state index contributed by atoms with van der Waals surface area (Å²) in [7, 11) is 1.49. The van der Waals surface area contributed by atoms with E-state index in [0.29, 0.717) is 17.3 Å². The van der Waals surface area contributed by atoms with Gasteiger partial charge in [0, 0.05) is 31.0 Å². The molecule has 0 saturated carbocycles. The maximum absolute atomic E-state index is 12.4. The summed E-state index contributed by atoms with van der Waals surface area (Å²) in [4.78, 5) is 27.8. The van der Waals surface area contributed by atoms with Crippen molar-refractivity contribution < 1.29 is 9.53 Å². The van der Waals surface area contributed by atoms with Crippen molar-refractivity contribution in [2.24, 2.45) is 0 Å². The van der Waals surface area contributed by atoms with Gasteiger partial charge in [-0.3, -0.25) is 4.79 Å². The first-order valence-electron chi connectivity index (χ1n) is 8.54. The third kappa shape index (κ3) is 4.23. The number of piperidine rings is 1. The van der Waals surface area contributed by atoms with Crippen molar-refractivity contribution in [1.29, 1.82) is 0 Å². The molecule has 1 aliphatic heterocycles. The fourth-order valence-corrected chi connectivity index (χ4v) is 2.96. The molecule has 0 aromatic carbocycles. The number of nitrogens with zero attached hydrogens (tertiary/aromatic N) is 4. The van der Waals surface area contributed by atoms with Gasteiger partial charge in [-0.1, -0.05) is 0 Å². The van der Waals surface area contributed by atoms with Gasteiger partial charge >= 0.3 is 0 Å². The Kier molecular flexibility index (Phi) is 5.42. The number of hydrogen-bond acceptors (Lipinski definition) is 6. The van der Waals surface area contributed by atoms with Crippen LogP contribution < -0.4 is 15.0 Å². The van der Waals surface area contributed by atoms with Crippen molar-refractivity contribution in [2.75, 3.05) is 25.1 Å². The molecule has 1 saturated heterocycles. The van der Waals surface area contributed by atoms with Crippen molar-refractivity contribution in [3.63, 3.8) is 0 Å². The molecule has 1 amide bonds. The third-order valence-electron chi connectivity index (χ3n) is 4.18. The van der Waals surface area contributed by atoms with E-state index in [-0.39, 0.29) is 12.5 Å². The summed E-state index contributed by atoms with van der Waals surface area (Å²) in [6, 6.07) is 5.38. The lowest BCUT2D eigenvalue weighted by molar-refractivity contribution is 0.0946. The summed E-state index contributed by atoms with van der Waals surface area (Å²) in [5.74, 6) is 1.60. The number of aromatic nitrogens is 3. The zero-order chi connectivity index (χ0) is 17.6. The van der Waals surface area contributed by atoms with E-state index in [1.54, 1.807) is 18.3 Å². The Balaban J connectivity index is 1.70. The van der Waals surface area contributed by atoms with Crippen LogP contribution in [0.1, 0.15) is 41.1 Å². The summed E-state index contributed by atoms with van der Waals surface area (Å²) in [6.45, 7) is 4.26. The topological polar surface area (TPSA) is 80.2 Å². The van der Waals surface area contributed by atoms with Crippen LogP contribution in [0.2, 0.25) is 0 Å². The molecule has 1 aliphatic rings. The molecule has 132 valence electrons. The summed E-state index contributed by atoms with van der Waals surface area (Å²) in [6.07, 6.45) is 5.24. The van der Waals surface area contributed by atoms with Gasteiger partial charge in [0.2, 0.25) is 5.88 Å². The molecule has 0 aliphatic carbocycles. The fraction of sp³-hybridized carbons (Fsp3) is 0.444. The van der Waals surface area contributed by atoms with Crippen LogP contribution in [0.25, 0.3) is 0 Å². The second-order valence-electron chi connectivity index (χ2n) is 6.07. The molecule has 0 spiro atoms. The quantitative estimate of drug-likeness (QED) is 0.897. The normalized spacial score (nSPS) is 14.2. The van der Waals surface area contributed by atoms with Crippen LogP contribution in [0.4, 0.5) is 5.82 Å². The van der Waals surface area contributed by atoms with E-state index < -0.39 is 0 Å². The predicted molar refractivity (Wildman–Crippen MR) is 94.8 cm³/mol. The number of aryl methyl sites for hydroxylation is 1. The standard InChI is InChI=1S/C18H23N5O2/c1-13-11-16(23-9-4-3-5-10-23)22-15(21-13)12-20-17(24)14-7-6-8-19-18(14)25-2/h6-8,11H,3-5,9-10,12H2,1-2H3,(H,20,24). The highest BCUT2D eigenvalue weighted by Gasteiger charge is 2.16. The number of anilines is 1. The molecule has 25 heavy (non-hydrogen) atoms. The summed E-state index contributed by atoms with van der Waals surface area (Å²) >= 11 is 0. The van der Waals surface area contributed by atoms with Crippen molar-refractivity contribution >= 4 is 11.7 Å². The van der Waals surface area contributed by atoms with E-state index >= 15 is 0 Å². The Bertz CT molecular complexity index is 744. The van der Waals surface area contributed by atoms with Gasteiger partial charge < -0.3 is 15.0 Å². The van der Waals surface area contributed by atoms with Gasteiger partial charge in [-0.25, -0.2) is 15.0 Å². The van der Waals surface area contributed by atoms with Crippen LogP contribution in [0.15, 0.2) is 24.4 Å². The number of methoxy groups -OCH3 is 1. The second-order valence-corrected chi connectivity index (χ2v) is 6.07. The van der Waals surface area contributed by atoms with E-state index in [0.717, 1.165) is 24.6 Å². The highest BCUT2D eigenvalue weighted by atomic mass is 16.5. The number of amides is 1. The molecule has 0 unspecified atom stereocenters. The van der Waals surface area contributed by atoms with Crippen LogP contribution in [-0.4, -0.2) is 41.1 Å². The van der Waals surface area contributed by atoms with Crippen LogP contribution in [0.5, 0.6) is 5.88 Å². The van der Waals surface area contributed by atoms with Crippen LogP contribution in [-0.2, 0) is 6.54 Å². The molecule has 1 fully saturated rings. The first-order chi connectivity index (χ1) is 12.2. The molecule has 2 aromatic heterocycles. The Hall–Kier alpha value is -2.70. The molecule has 3 rings (SSSR count). The lowest BCUT2D eigenvalue weighted by atomic mass is 10.1. The predicted octanol–water partition coefficient (Wildman–Crippen LogP) is 2.11. The van der Waals surface area contributed by atoms with Crippen LogP contribution in [0, 0.1) is 6.92 Å². The van der Waals surface area contributed by atoms with E-state index in [9.17, 15) is 4.79 Å². The summed E-state index contributed by atoms with van der Waals surface area (Å²) in [5.41, 5.74) is 1.30. The van der Waals surface area contributed by atoms with Crippen molar-refractivity contribution in [2.45, 2.75) is 32.7 Å². The molecule has 2 aromatic rings. The largest absolute Gasteiger partial charge is 0.480 e. The Labute approximate surface area is 147 Å². The van der Waals surface area contributed by atoms with Crippen LogP contribution >= 0.6 is 0 Å². The molecule has 1 N–H and O–H groups in total. The lowest BCUT2D eigenvalue weighted by Gasteiger charge is -2.28. The highest BCUT2D eigenvalue weighted by molar-refractivity contribution is 5.96. The van der Waals surface area contributed by atoms with Crippen molar-refractivity contribution in [3.8, 4) is 5.88 Å². The number of carbonyl (C=O) groups is 1. The number of nitrogens with one attached hydrogen (secondary N) is 1. The Morgan fingerprint density at radius 2 is 2.08 bits per heavy atom. The van der Waals surface area contributed by atoms with E-state index in [2.05, 4.69) is 25.2 Å². The minimum atomic E-state index is -0.255. The zero-order valence-electron chi connectivity index (χ0n) is 14.7. The number of carbonyl (C=O) groups excluding carboxylic acids is 1. The highest BCUT2D eigenvalue weighted by Crippen LogP contribution is 2.18. The number of rotatable bonds is 5. The number of pyridine rings is 1. The number of hydrogen-bond donors (Lipinski definition) is 1. The first kappa shape index (κ1) is 17.1. The molecule has 3 heterocycles. The van der Waals surface area contributed by atoms with E-state index in [1.807, 2.05) is 13.0 Å². The maximum Gasteiger partial charge on any atom is 0.257 e.